The van der Waals surface area contributed by atoms with Gasteiger partial charge in [0, 0.05) is 44.8 Å². The summed E-state index contributed by atoms with van der Waals surface area (Å²) in [5.41, 5.74) is 6.09. The Hall–Kier alpha value is -3.80. The smallest absolute Gasteiger partial charge is 0.475 e. The number of alkyl halides is 3. The quantitative estimate of drug-likeness (QED) is 0.303. The molecule has 1 aliphatic rings. The highest BCUT2D eigenvalue weighted by Crippen LogP contribution is 2.26. The van der Waals surface area contributed by atoms with Crippen LogP contribution in [0.15, 0.2) is 66.7 Å². The number of aromatic nitrogens is 2. The number of nitrogens with one attached hydrogen (secondary N) is 1. The molecule has 1 saturated heterocycles. The number of halogens is 4. The van der Waals surface area contributed by atoms with Crippen molar-refractivity contribution in [2.24, 2.45) is 0 Å². The van der Waals surface area contributed by atoms with Crippen LogP contribution in [0.4, 0.5) is 17.6 Å². The average Bonchev–Trinajstić information content (AvgIpc) is 3.34. The number of fused-ring (bicyclic) bond motifs is 1. The van der Waals surface area contributed by atoms with Gasteiger partial charge in [-0.3, -0.25) is 9.80 Å². The lowest BCUT2D eigenvalue weighted by molar-refractivity contribution is -0.192. The monoisotopic (exact) mass is 544 g/mol. The second-order valence-corrected chi connectivity index (χ2v) is 9.17. The van der Waals surface area contributed by atoms with Crippen molar-refractivity contribution in [1.82, 2.24) is 19.8 Å². The first-order chi connectivity index (χ1) is 18.6. The maximum Gasteiger partial charge on any atom is 0.490 e. The van der Waals surface area contributed by atoms with Gasteiger partial charge in [0.2, 0.25) is 0 Å². The fourth-order valence-corrected chi connectivity index (χ4v) is 4.31. The number of carboxylic acids is 1. The second-order valence-electron chi connectivity index (χ2n) is 9.17. The summed E-state index contributed by atoms with van der Waals surface area (Å²) in [6.45, 7) is 6.08. The Kier molecular flexibility index (Phi) is 8.95. The number of carbonyl (C=O) groups is 1. The summed E-state index contributed by atoms with van der Waals surface area (Å²) in [7, 11) is 0. The fraction of sp³-hybridized carbons (Fsp3) is 0.286. The molecule has 7 nitrogen and oxygen atoms in total. The molecule has 1 aromatic heterocycles. The van der Waals surface area contributed by atoms with Gasteiger partial charge in [0.15, 0.2) is 0 Å². The van der Waals surface area contributed by atoms with E-state index in [9.17, 15) is 17.6 Å². The Morgan fingerprint density at radius 2 is 1.41 bits per heavy atom. The van der Waals surface area contributed by atoms with Gasteiger partial charge in [0.1, 0.15) is 11.6 Å². The van der Waals surface area contributed by atoms with Crippen LogP contribution < -0.4 is 0 Å². The van der Waals surface area contributed by atoms with Crippen LogP contribution in [0.3, 0.4) is 0 Å². The van der Waals surface area contributed by atoms with Crippen LogP contribution in [0.2, 0.25) is 0 Å². The number of aromatic amines is 1. The molecule has 0 atom stereocenters. The Morgan fingerprint density at radius 3 is 1.97 bits per heavy atom. The Balaban J connectivity index is 0.000000448. The summed E-state index contributed by atoms with van der Waals surface area (Å²) in [4.78, 5) is 21.4. The summed E-state index contributed by atoms with van der Waals surface area (Å²) in [6.07, 6.45) is -5.08. The predicted molar refractivity (Wildman–Crippen MR) is 139 cm³/mol. The summed E-state index contributed by atoms with van der Waals surface area (Å²) in [6, 6.07) is 21.6. The van der Waals surface area contributed by atoms with Crippen molar-refractivity contribution in [3.63, 3.8) is 0 Å². The molecule has 0 amide bonds. The van der Waals surface area contributed by atoms with Gasteiger partial charge in [-0.2, -0.15) is 13.2 Å². The minimum atomic E-state index is -5.08. The summed E-state index contributed by atoms with van der Waals surface area (Å²) >= 11 is 0. The molecule has 0 spiro atoms. The normalized spacial score (nSPS) is 14.7. The van der Waals surface area contributed by atoms with E-state index in [-0.39, 0.29) is 12.4 Å². The molecule has 3 N–H and O–H groups in total. The number of carboxylic acid groups (broad SMARTS) is 1. The van der Waals surface area contributed by atoms with Crippen LogP contribution in [-0.2, 0) is 11.3 Å². The summed E-state index contributed by atoms with van der Waals surface area (Å²) < 4.78 is 45.2. The molecule has 3 aromatic carbocycles. The highest BCUT2D eigenvalue weighted by atomic mass is 19.4. The van der Waals surface area contributed by atoms with E-state index in [1.807, 2.05) is 12.1 Å². The van der Waals surface area contributed by atoms with Crippen LogP contribution >= 0.6 is 0 Å². The molecule has 206 valence electrons. The fourth-order valence-electron chi connectivity index (χ4n) is 4.31. The molecule has 0 radical (unpaired) electrons. The number of benzene rings is 3. The SMILES string of the molecule is O=C(O)C(F)(F)F.OCCN1CCN(Cc2ccc(-c3ccc(-c4nc5ccc(F)cc5[nH]4)cc3)cc2)CC1. The predicted octanol–water partition coefficient (Wildman–Crippen LogP) is 4.78. The summed E-state index contributed by atoms with van der Waals surface area (Å²) in [5, 5.41) is 16.2. The number of aliphatic hydroxyl groups is 1. The van der Waals surface area contributed by atoms with Gasteiger partial charge in [-0.15, -0.1) is 0 Å². The lowest BCUT2D eigenvalue weighted by atomic mass is 10.0. The maximum absolute atomic E-state index is 13.4. The van der Waals surface area contributed by atoms with Gasteiger partial charge in [-0.1, -0.05) is 48.5 Å². The van der Waals surface area contributed by atoms with Crippen LogP contribution in [-0.4, -0.2) is 81.5 Å². The van der Waals surface area contributed by atoms with E-state index in [2.05, 4.69) is 56.2 Å². The molecular formula is C28H28F4N4O3. The largest absolute Gasteiger partial charge is 0.490 e. The number of piperazine rings is 1. The molecular weight excluding hydrogens is 516 g/mol. The number of imidazole rings is 1. The topological polar surface area (TPSA) is 92.7 Å². The van der Waals surface area contributed by atoms with Gasteiger partial charge in [0.25, 0.3) is 0 Å². The molecule has 1 fully saturated rings. The van der Waals surface area contributed by atoms with E-state index in [0.29, 0.717) is 5.52 Å². The molecule has 5 rings (SSSR count). The number of hydrogen-bond acceptors (Lipinski definition) is 5. The van der Waals surface area contributed by atoms with Crippen molar-refractivity contribution >= 4 is 17.0 Å². The highest BCUT2D eigenvalue weighted by Gasteiger charge is 2.38. The first-order valence-electron chi connectivity index (χ1n) is 12.3. The van der Waals surface area contributed by atoms with E-state index in [0.717, 1.165) is 61.7 Å². The van der Waals surface area contributed by atoms with E-state index in [4.69, 9.17) is 15.0 Å². The van der Waals surface area contributed by atoms with Crippen molar-refractivity contribution in [3.8, 4) is 22.5 Å². The Labute approximate surface area is 222 Å². The molecule has 0 unspecified atom stereocenters. The maximum atomic E-state index is 13.4. The zero-order valence-electron chi connectivity index (χ0n) is 21.0. The van der Waals surface area contributed by atoms with Crippen LogP contribution in [0.5, 0.6) is 0 Å². The van der Waals surface area contributed by atoms with E-state index >= 15 is 0 Å². The highest BCUT2D eigenvalue weighted by molar-refractivity contribution is 5.80. The molecule has 4 aromatic rings. The Morgan fingerprint density at radius 1 is 0.872 bits per heavy atom. The zero-order chi connectivity index (χ0) is 28.0. The number of aliphatic carboxylic acids is 1. The number of rotatable bonds is 6. The second kappa shape index (κ2) is 12.4. The molecule has 11 heteroatoms. The van der Waals surface area contributed by atoms with Gasteiger partial charge >= 0.3 is 12.1 Å². The van der Waals surface area contributed by atoms with Crippen molar-refractivity contribution in [2.75, 3.05) is 39.3 Å². The molecule has 2 heterocycles. The number of hydrogen-bond donors (Lipinski definition) is 3. The van der Waals surface area contributed by atoms with Crippen molar-refractivity contribution in [3.05, 3.63) is 78.1 Å². The minimum Gasteiger partial charge on any atom is -0.475 e. The number of aliphatic hydroxyl groups excluding tert-OH is 1. The molecule has 0 saturated carbocycles. The van der Waals surface area contributed by atoms with E-state index in [1.54, 1.807) is 6.07 Å². The third-order valence-electron chi connectivity index (χ3n) is 6.42. The van der Waals surface area contributed by atoms with E-state index in [1.165, 1.54) is 23.3 Å². The molecule has 39 heavy (non-hydrogen) atoms. The van der Waals surface area contributed by atoms with Crippen molar-refractivity contribution in [1.29, 1.82) is 0 Å². The lowest BCUT2D eigenvalue weighted by Gasteiger charge is -2.34. The third-order valence-corrected chi connectivity index (χ3v) is 6.42. The van der Waals surface area contributed by atoms with Crippen molar-refractivity contribution < 1.29 is 32.6 Å². The van der Waals surface area contributed by atoms with Crippen LogP contribution in [0.1, 0.15) is 5.56 Å². The van der Waals surface area contributed by atoms with E-state index < -0.39 is 12.1 Å². The van der Waals surface area contributed by atoms with Gasteiger partial charge in [0.05, 0.1) is 17.6 Å². The van der Waals surface area contributed by atoms with Gasteiger partial charge in [-0.25, -0.2) is 14.2 Å². The molecule has 0 bridgehead atoms. The van der Waals surface area contributed by atoms with Gasteiger partial charge < -0.3 is 15.2 Å². The zero-order valence-corrected chi connectivity index (χ0v) is 21.0. The first-order valence-corrected chi connectivity index (χ1v) is 12.3. The Bertz CT molecular complexity index is 1380. The van der Waals surface area contributed by atoms with Crippen LogP contribution in [0.25, 0.3) is 33.5 Å². The van der Waals surface area contributed by atoms with Crippen molar-refractivity contribution in [2.45, 2.75) is 12.7 Å². The average molecular weight is 545 g/mol. The minimum absolute atomic E-state index is 0.237. The molecule has 0 aliphatic carbocycles. The lowest BCUT2D eigenvalue weighted by Crippen LogP contribution is -2.46. The number of β-amino-alcohol motifs (C(OH)–C–C–N with tert-alkyl or cyclic N) is 1. The molecule has 1 aliphatic heterocycles. The van der Waals surface area contributed by atoms with Gasteiger partial charge in [-0.05, 0) is 34.9 Å². The summed E-state index contributed by atoms with van der Waals surface area (Å²) in [5.74, 6) is -2.28. The number of nitrogens with zero attached hydrogens (tertiary/aromatic N) is 3. The third kappa shape index (κ3) is 7.62. The number of H-pyrrole nitrogens is 1. The standard InChI is InChI=1S/C26H27FN4O.C2HF3O2/c27-23-9-10-24-25(17-23)29-26(28-24)22-7-5-21(6-8-22)20-3-1-19(2-4-20)18-31-13-11-30(12-14-31)15-16-32;3-2(4,5)1(6)7/h1-10,17,32H,11-16,18H2,(H,28,29);(H,6,7). The first kappa shape index (κ1) is 28.2. The van der Waals surface area contributed by atoms with Crippen LogP contribution in [0, 0.1) is 5.82 Å².